The Kier molecular flexibility index (Phi) is 5.26. The van der Waals surface area contributed by atoms with Crippen molar-refractivity contribution in [1.82, 2.24) is 4.57 Å². The van der Waals surface area contributed by atoms with Crippen LogP contribution in [0.15, 0.2) is 0 Å². The van der Waals surface area contributed by atoms with Gasteiger partial charge in [0.1, 0.15) is 0 Å². The van der Waals surface area contributed by atoms with Crippen LogP contribution in [0.1, 0.15) is 39.0 Å². The molecule has 1 aliphatic rings. The van der Waals surface area contributed by atoms with Crippen molar-refractivity contribution in [3.05, 3.63) is 0 Å². The molecule has 17 heavy (non-hydrogen) atoms. The number of carbonyl (C=O) groups excluding carboxylic acids is 1. The molecule has 0 spiro atoms. The van der Waals surface area contributed by atoms with Gasteiger partial charge in [0.15, 0.2) is 8.24 Å². The van der Waals surface area contributed by atoms with Gasteiger partial charge in [0.2, 0.25) is 5.91 Å². The molecular weight excluding hydrogens is 226 g/mol. The van der Waals surface area contributed by atoms with Crippen molar-refractivity contribution in [2.45, 2.75) is 58.7 Å². The standard InChI is InChI=1S/C14H25NOSi/c1-5-6-7-10-13-11-8-9-12-15(14(13)16)17(2,3)4/h13H,7-12H2,1-4H3. The van der Waals surface area contributed by atoms with Crippen LogP contribution in [0.4, 0.5) is 0 Å². The topological polar surface area (TPSA) is 20.3 Å². The zero-order valence-corrected chi connectivity index (χ0v) is 12.7. The summed E-state index contributed by atoms with van der Waals surface area (Å²) in [6, 6.07) is 0. The van der Waals surface area contributed by atoms with Crippen LogP contribution in [-0.2, 0) is 4.79 Å². The highest BCUT2D eigenvalue weighted by Crippen LogP contribution is 2.25. The predicted molar refractivity (Wildman–Crippen MR) is 75.1 cm³/mol. The van der Waals surface area contributed by atoms with E-state index in [0.29, 0.717) is 5.91 Å². The van der Waals surface area contributed by atoms with Gasteiger partial charge in [-0.1, -0.05) is 26.1 Å². The Labute approximate surface area is 107 Å². The second-order valence-electron chi connectivity index (χ2n) is 5.82. The lowest BCUT2D eigenvalue weighted by Crippen LogP contribution is -2.51. The zero-order chi connectivity index (χ0) is 12.9. The van der Waals surface area contributed by atoms with Gasteiger partial charge < -0.3 is 4.57 Å². The van der Waals surface area contributed by atoms with Crippen molar-refractivity contribution in [2.24, 2.45) is 5.92 Å². The van der Waals surface area contributed by atoms with Crippen molar-refractivity contribution in [2.75, 3.05) is 6.54 Å². The van der Waals surface area contributed by atoms with E-state index in [1.807, 2.05) is 6.92 Å². The zero-order valence-electron chi connectivity index (χ0n) is 11.7. The highest BCUT2D eigenvalue weighted by atomic mass is 28.3. The summed E-state index contributed by atoms with van der Waals surface area (Å²) in [5.41, 5.74) is 0. The molecule has 0 aromatic heterocycles. The molecule has 0 radical (unpaired) electrons. The van der Waals surface area contributed by atoms with Crippen LogP contribution in [0, 0.1) is 17.8 Å². The number of carbonyl (C=O) groups is 1. The first-order valence-electron chi connectivity index (χ1n) is 6.68. The van der Waals surface area contributed by atoms with Crippen molar-refractivity contribution in [1.29, 1.82) is 0 Å². The van der Waals surface area contributed by atoms with Gasteiger partial charge in [-0.05, 0) is 26.2 Å². The molecule has 1 amide bonds. The first kappa shape index (κ1) is 14.3. The van der Waals surface area contributed by atoms with Gasteiger partial charge in [0, 0.05) is 18.9 Å². The van der Waals surface area contributed by atoms with Crippen LogP contribution < -0.4 is 0 Å². The fourth-order valence-corrected chi connectivity index (χ4v) is 4.09. The molecule has 1 fully saturated rings. The average molecular weight is 251 g/mol. The maximum atomic E-state index is 12.5. The molecule has 0 aromatic carbocycles. The number of nitrogens with zero attached hydrogens (tertiary/aromatic N) is 1. The van der Waals surface area contributed by atoms with E-state index < -0.39 is 8.24 Å². The first-order chi connectivity index (χ1) is 7.96. The van der Waals surface area contributed by atoms with E-state index in [1.165, 1.54) is 12.8 Å². The molecule has 0 saturated carbocycles. The Morgan fingerprint density at radius 2 is 2.06 bits per heavy atom. The second-order valence-corrected chi connectivity index (χ2v) is 10.7. The van der Waals surface area contributed by atoms with Gasteiger partial charge in [0.25, 0.3) is 0 Å². The lowest BCUT2D eigenvalue weighted by Gasteiger charge is -2.35. The van der Waals surface area contributed by atoms with Crippen LogP contribution in [-0.4, -0.2) is 25.3 Å². The molecular formula is C14H25NOSi. The van der Waals surface area contributed by atoms with Gasteiger partial charge in [-0.15, -0.1) is 11.8 Å². The Morgan fingerprint density at radius 1 is 1.35 bits per heavy atom. The molecule has 2 nitrogen and oxygen atoms in total. The van der Waals surface area contributed by atoms with Crippen molar-refractivity contribution in [3.8, 4) is 11.8 Å². The molecule has 1 heterocycles. The lowest BCUT2D eigenvalue weighted by atomic mass is 9.97. The molecule has 0 aliphatic carbocycles. The average Bonchev–Trinajstić information content (AvgIpc) is 2.41. The summed E-state index contributed by atoms with van der Waals surface area (Å²) in [7, 11) is -1.49. The minimum absolute atomic E-state index is 0.227. The van der Waals surface area contributed by atoms with Crippen molar-refractivity contribution in [3.63, 3.8) is 0 Å². The van der Waals surface area contributed by atoms with Gasteiger partial charge in [0.05, 0.1) is 0 Å². The quantitative estimate of drug-likeness (QED) is 0.557. The maximum Gasteiger partial charge on any atom is 0.217 e. The molecule has 1 atom stereocenters. The number of hydrogen-bond acceptors (Lipinski definition) is 1. The van der Waals surface area contributed by atoms with E-state index in [4.69, 9.17) is 0 Å². The van der Waals surface area contributed by atoms with Crippen LogP contribution in [0.5, 0.6) is 0 Å². The normalized spacial score (nSPS) is 21.8. The van der Waals surface area contributed by atoms with E-state index in [-0.39, 0.29) is 5.92 Å². The molecule has 96 valence electrons. The summed E-state index contributed by atoms with van der Waals surface area (Å²) in [5.74, 6) is 6.62. The third kappa shape index (κ3) is 4.20. The monoisotopic (exact) mass is 251 g/mol. The summed E-state index contributed by atoms with van der Waals surface area (Å²) < 4.78 is 2.20. The Bertz CT molecular complexity index is 321. The van der Waals surface area contributed by atoms with Gasteiger partial charge >= 0.3 is 0 Å². The molecule has 0 aromatic rings. The van der Waals surface area contributed by atoms with Gasteiger partial charge in [-0.25, -0.2) is 0 Å². The number of rotatable bonds is 3. The third-order valence-electron chi connectivity index (χ3n) is 3.40. The summed E-state index contributed by atoms with van der Waals surface area (Å²) in [5, 5.41) is 0. The second kappa shape index (κ2) is 6.25. The van der Waals surface area contributed by atoms with Crippen molar-refractivity contribution >= 4 is 14.1 Å². The molecule has 0 N–H and O–H groups in total. The minimum Gasteiger partial charge on any atom is -0.370 e. The first-order valence-corrected chi connectivity index (χ1v) is 10.1. The molecule has 1 saturated heterocycles. The summed E-state index contributed by atoms with van der Waals surface area (Å²) in [4.78, 5) is 12.5. The fraction of sp³-hybridized carbons (Fsp3) is 0.786. The third-order valence-corrected chi connectivity index (χ3v) is 5.47. The van der Waals surface area contributed by atoms with E-state index in [1.54, 1.807) is 0 Å². The highest BCUT2D eigenvalue weighted by Gasteiger charge is 2.33. The van der Waals surface area contributed by atoms with Gasteiger partial charge in [-0.2, -0.15) is 0 Å². The Hall–Kier alpha value is -0.753. The van der Waals surface area contributed by atoms with Crippen molar-refractivity contribution < 1.29 is 4.79 Å². The van der Waals surface area contributed by atoms with E-state index in [9.17, 15) is 4.79 Å². The number of hydrogen-bond donors (Lipinski definition) is 0. The Morgan fingerprint density at radius 3 is 2.65 bits per heavy atom. The van der Waals surface area contributed by atoms with E-state index in [0.717, 1.165) is 25.8 Å². The molecule has 3 heteroatoms. The molecule has 1 unspecified atom stereocenters. The maximum absolute atomic E-state index is 12.5. The fourth-order valence-electron chi connectivity index (χ4n) is 2.42. The summed E-state index contributed by atoms with van der Waals surface area (Å²) in [6.45, 7) is 9.63. The van der Waals surface area contributed by atoms with Crippen LogP contribution in [0.2, 0.25) is 19.6 Å². The van der Waals surface area contributed by atoms with Crippen LogP contribution >= 0.6 is 0 Å². The molecule has 1 rings (SSSR count). The van der Waals surface area contributed by atoms with E-state index in [2.05, 4.69) is 36.0 Å². The Balaban J connectivity index is 2.69. The highest BCUT2D eigenvalue weighted by molar-refractivity contribution is 6.75. The van der Waals surface area contributed by atoms with Crippen LogP contribution in [0.25, 0.3) is 0 Å². The summed E-state index contributed by atoms with van der Waals surface area (Å²) in [6.07, 6.45) is 5.24. The lowest BCUT2D eigenvalue weighted by molar-refractivity contribution is -0.131. The molecule has 0 bridgehead atoms. The van der Waals surface area contributed by atoms with Gasteiger partial charge in [-0.3, -0.25) is 4.79 Å². The summed E-state index contributed by atoms with van der Waals surface area (Å²) >= 11 is 0. The number of amides is 1. The van der Waals surface area contributed by atoms with E-state index >= 15 is 0 Å². The SMILES string of the molecule is CC#CCCC1CCCCN([Si](C)(C)C)C1=O. The smallest absolute Gasteiger partial charge is 0.217 e. The van der Waals surface area contributed by atoms with Crippen LogP contribution in [0.3, 0.4) is 0 Å². The minimum atomic E-state index is -1.49. The largest absolute Gasteiger partial charge is 0.370 e. The molecule has 1 aliphatic heterocycles. The predicted octanol–water partition coefficient (Wildman–Crippen LogP) is 3.25.